The monoisotopic (exact) mass is 486 g/mol. The van der Waals surface area contributed by atoms with E-state index in [4.69, 9.17) is 19.7 Å². The lowest BCUT2D eigenvalue weighted by molar-refractivity contribution is -0.155. The molecular weight excluding hydrogens is 455 g/mol. The SMILES string of the molecule is CC(C)OC(=O)[C@@H](C)O[P@](=O)(CO[C@H](C)Cn1cnc2c(N)ncnc21)NC(C)(C)C(=O)O. The molecule has 0 spiro atoms. The molecule has 2 aromatic heterocycles. The second-order valence-corrected chi connectivity index (χ2v) is 10.4. The molecule has 0 aliphatic carbocycles. The first-order chi connectivity index (χ1) is 15.2. The summed E-state index contributed by atoms with van der Waals surface area (Å²) in [5.74, 6) is -1.73. The Kier molecular flexibility index (Phi) is 8.52. The smallest absolute Gasteiger partial charge is 0.335 e. The number of esters is 1. The van der Waals surface area contributed by atoms with E-state index in [0.29, 0.717) is 11.2 Å². The largest absolute Gasteiger partial charge is 0.480 e. The van der Waals surface area contributed by atoms with E-state index >= 15 is 0 Å². The number of nitrogens with zero attached hydrogens (tertiary/aromatic N) is 4. The lowest BCUT2D eigenvalue weighted by Crippen LogP contribution is -2.46. The van der Waals surface area contributed by atoms with Gasteiger partial charge in [0.15, 0.2) is 17.6 Å². The lowest BCUT2D eigenvalue weighted by Gasteiger charge is -2.30. The molecule has 0 amide bonds. The molecule has 2 heterocycles. The second-order valence-electron chi connectivity index (χ2n) is 8.38. The van der Waals surface area contributed by atoms with E-state index in [0.717, 1.165) is 0 Å². The van der Waals surface area contributed by atoms with Gasteiger partial charge in [-0.15, -0.1) is 0 Å². The number of carbonyl (C=O) groups is 2. The predicted octanol–water partition coefficient (Wildman–Crippen LogP) is 1.77. The van der Waals surface area contributed by atoms with Crippen molar-refractivity contribution in [1.29, 1.82) is 0 Å². The number of nitrogens with two attached hydrogens (primary N) is 1. The van der Waals surface area contributed by atoms with E-state index in [-0.39, 0.29) is 12.4 Å². The van der Waals surface area contributed by atoms with Crippen LogP contribution in [0.2, 0.25) is 0 Å². The maximum Gasteiger partial charge on any atom is 0.335 e. The van der Waals surface area contributed by atoms with Gasteiger partial charge in [0, 0.05) is 0 Å². The quantitative estimate of drug-likeness (QED) is 0.293. The maximum atomic E-state index is 13.5. The van der Waals surface area contributed by atoms with Gasteiger partial charge in [-0.3, -0.25) is 9.36 Å². The number of nitrogen functional groups attached to an aromatic ring is 1. The number of fused-ring (bicyclic) bond motifs is 1. The Balaban J connectivity index is 2.14. The number of hydrogen-bond donors (Lipinski definition) is 3. The van der Waals surface area contributed by atoms with E-state index in [1.54, 1.807) is 25.3 Å². The summed E-state index contributed by atoms with van der Waals surface area (Å²) < 4.78 is 31.5. The fraction of sp³-hybridized carbons (Fsp3) is 0.632. The number of nitrogens with one attached hydrogen (secondary N) is 1. The minimum atomic E-state index is -3.97. The Morgan fingerprint density at radius 3 is 2.52 bits per heavy atom. The third-order valence-electron chi connectivity index (χ3n) is 4.41. The van der Waals surface area contributed by atoms with Crippen molar-refractivity contribution in [2.45, 2.75) is 71.9 Å². The van der Waals surface area contributed by atoms with Crippen LogP contribution in [0.3, 0.4) is 0 Å². The lowest BCUT2D eigenvalue weighted by atomic mass is 10.1. The molecule has 2 rings (SSSR count). The minimum Gasteiger partial charge on any atom is -0.480 e. The third kappa shape index (κ3) is 7.19. The molecule has 0 unspecified atom stereocenters. The van der Waals surface area contributed by atoms with Crippen molar-refractivity contribution in [2.24, 2.45) is 0 Å². The number of imidazole rings is 1. The molecule has 0 bridgehead atoms. The van der Waals surface area contributed by atoms with Gasteiger partial charge in [-0.2, -0.15) is 0 Å². The van der Waals surface area contributed by atoms with Crippen LogP contribution in [0.4, 0.5) is 5.82 Å². The summed E-state index contributed by atoms with van der Waals surface area (Å²) >= 11 is 0. The summed E-state index contributed by atoms with van der Waals surface area (Å²) in [5, 5.41) is 11.9. The highest BCUT2D eigenvalue weighted by molar-refractivity contribution is 7.56. The molecule has 4 N–H and O–H groups in total. The number of hydrogen-bond acceptors (Lipinski definition) is 10. The van der Waals surface area contributed by atoms with Crippen LogP contribution in [0.15, 0.2) is 12.7 Å². The van der Waals surface area contributed by atoms with Crippen LogP contribution >= 0.6 is 7.52 Å². The number of rotatable bonds is 12. The van der Waals surface area contributed by atoms with Crippen molar-refractivity contribution in [3.63, 3.8) is 0 Å². The zero-order valence-electron chi connectivity index (χ0n) is 19.5. The van der Waals surface area contributed by atoms with Crippen LogP contribution in [0.1, 0.15) is 41.5 Å². The van der Waals surface area contributed by atoms with Crippen molar-refractivity contribution < 1.29 is 33.3 Å². The standard InChI is InChI=1S/C19H31N6O7P/c1-11(2)31-17(26)13(4)32-33(29,24-19(5,6)18(27)28)10-30-12(3)7-25-9-23-14-15(20)21-8-22-16(14)25/h8-9,11-13H,7,10H2,1-6H3,(H,24,29)(H,27,28)(H2,20,21,22)/t12-,13-,33-/m1/s1. The number of carboxylic acid groups (broad SMARTS) is 1. The number of ether oxygens (including phenoxy) is 2. The average molecular weight is 486 g/mol. The maximum absolute atomic E-state index is 13.5. The van der Waals surface area contributed by atoms with Gasteiger partial charge < -0.3 is 29.4 Å². The molecule has 0 fully saturated rings. The van der Waals surface area contributed by atoms with Crippen molar-refractivity contribution in [2.75, 3.05) is 12.1 Å². The molecule has 33 heavy (non-hydrogen) atoms. The molecule has 13 nitrogen and oxygen atoms in total. The highest BCUT2D eigenvalue weighted by Crippen LogP contribution is 2.46. The van der Waals surface area contributed by atoms with Crippen LogP contribution in [0, 0.1) is 0 Å². The molecule has 0 radical (unpaired) electrons. The topological polar surface area (TPSA) is 181 Å². The van der Waals surface area contributed by atoms with Crippen LogP contribution in [-0.2, 0) is 34.7 Å². The van der Waals surface area contributed by atoms with Crippen molar-refractivity contribution in [1.82, 2.24) is 24.6 Å². The number of carbonyl (C=O) groups excluding carboxylic acids is 1. The van der Waals surface area contributed by atoms with Gasteiger partial charge in [-0.1, -0.05) is 0 Å². The fourth-order valence-corrected chi connectivity index (χ4v) is 4.95. The number of aromatic nitrogens is 4. The summed E-state index contributed by atoms with van der Waals surface area (Å²) in [6.45, 7) is 9.36. The first-order valence-electron chi connectivity index (χ1n) is 10.3. The van der Waals surface area contributed by atoms with Gasteiger partial charge in [0.05, 0.1) is 25.1 Å². The van der Waals surface area contributed by atoms with Crippen LogP contribution in [0.5, 0.6) is 0 Å². The highest BCUT2D eigenvalue weighted by Gasteiger charge is 2.39. The van der Waals surface area contributed by atoms with Gasteiger partial charge in [-0.05, 0) is 41.5 Å². The van der Waals surface area contributed by atoms with Crippen LogP contribution in [0.25, 0.3) is 11.2 Å². The zero-order chi connectivity index (χ0) is 25.0. The Morgan fingerprint density at radius 2 is 1.91 bits per heavy atom. The summed E-state index contributed by atoms with van der Waals surface area (Å²) in [6, 6.07) is 0. The van der Waals surface area contributed by atoms with Gasteiger partial charge >= 0.3 is 11.9 Å². The molecular formula is C19H31N6O7P. The number of aliphatic carboxylic acids is 1. The summed E-state index contributed by atoms with van der Waals surface area (Å²) in [6.07, 6.45) is 0.231. The number of anilines is 1. The highest BCUT2D eigenvalue weighted by atomic mass is 31.2. The molecule has 0 aromatic carbocycles. The van der Waals surface area contributed by atoms with Gasteiger partial charge in [0.1, 0.15) is 23.7 Å². The Labute approximate surface area is 191 Å². The summed E-state index contributed by atoms with van der Waals surface area (Å²) in [7, 11) is -3.97. The molecule has 0 aliphatic rings. The van der Waals surface area contributed by atoms with E-state index in [2.05, 4.69) is 20.0 Å². The van der Waals surface area contributed by atoms with Gasteiger partial charge in [-0.25, -0.2) is 24.8 Å². The number of carboxylic acids is 1. The fourth-order valence-electron chi connectivity index (χ4n) is 2.78. The van der Waals surface area contributed by atoms with E-state index in [9.17, 15) is 19.3 Å². The van der Waals surface area contributed by atoms with Gasteiger partial charge in [0.25, 0.3) is 7.52 Å². The van der Waals surface area contributed by atoms with Gasteiger partial charge in [0.2, 0.25) is 0 Å². The normalized spacial score (nSPS) is 15.8. The average Bonchev–Trinajstić information content (AvgIpc) is 3.09. The Hall–Kier alpha value is -2.60. The molecule has 0 saturated carbocycles. The van der Waals surface area contributed by atoms with E-state index < -0.39 is 49.7 Å². The summed E-state index contributed by atoms with van der Waals surface area (Å²) in [4.78, 5) is 35.9. The van der Waals surface area contributed by atoms with E-state index in [1.807, 2.05) is 0 Å². The second kappa shape index (κ2) is 10.6. The third-order valence-corrected chi connectivity index (χ3v) is 6.45. The predicted molar refractivity (Wildman–Crippen MR) is 119 cm³/mol. The molecule has 0 saturated heterocycles. The summed E-state index contributed by atoms with van der Waals surface area (Å²) in [5.41, 5.74) is 5.13. The minimum absolute atomic E-state index is 0.243. The zero-order valence-corrected chi connectivity index (χ0v) is 20.4. The van der Waals surface area contributed by atoms with Crippen LogP contribution < -0.4 is 10.8 Å². The first-order valence-corrected chi connectivity index (χ1v) is 12.1. The molecule has 14 heteroatoms. The van der Waals surface area contributed by atoms with Crippen molar-refractivity contribution >= 4 is 36.4 Å². The van der Waals surface area contributed by atoms with Crippen molar-refractivity contribution in [3.8, 4) is 0 Å². The molecule has 0 aliphatic heterocycles. The van der Waals surface area contributed by atoms with E-state index in [1.165, 1.54) is 33.4 Å². The molecule has 2 aromatic rings. The van der Waals surface area contributed by atoms with Crippen LogP contribution in [-0.4, -0.2) is 66.8 Å². The van der Waals surface area contributed by atoms with Crippen molar-refractivity contribution in [3.05, 3.63) is 12.7 Å². The Morgan fingerprint density at radius 1 is 1.24 bits per heavy atom. The first kappa shape index (κ1) is 26.7. The molecule has 3 atom stereocenters. The Bertz CT molecular complexity index is 1040. The molecule has 184 valence electrons.